The summed E-state index contributed by atoms with van der Waals surface area (Å²) in [6.07, 6.45) is 1.84. The van der Waals surface area contributed by atoms with Crippen molar-refractivity contribution in [3.05, 3.63) is 34.1 Å². The summed E-state index contributed by atoms with van der Waals surface area (Å²) in [5.41, 5.74) is 0.448. The fraction of sp³-hybridized carbons (Fsp3) is 0.500. The summed E-state index contributed by atoms with van der Waals surface area (Å²) in [4.78, 5) is 13.7. The Morgan fingerprint density at radius 1 is 1.55 bits per heavy atom. The van der Waals surface area contributed by atoms with Crippen LogP contribution >= 0.6 is 15.9 Å². The van der Waals surface area contributed by atoms with Gasteiger partial charge in [-0.3, -0.25) is 0 Å². The number of hydrogen-bond donors (Lipinski definition) is 2. The van der Waals surface area contributed by atoms with Crippen LogP contribution in [0.1, 0.15) is 18.4 Å². The fourth-order valence-electron chi connectivity index (χ4n) is 2.36. The molecule has 2 amide bonds. The maximum atomic E-state index is 13.6. The number of carbonyl (C=O) groups is 1. The molecule has 1 saturated heterocycles. The third-order valence-corrected chi connectivity index (χ3v) is 4.00. The van der Waals surface area contributed by atoms with Crippen molar-refractivity contribution in [2.24, 2.45) is 5.92 Å². The Hall–Kier alpha value is -1.14. The molecule has 1 aliphatic rings. The van der Waals surface area contributed by atoms with Gasteiger partial charge in [-0.2, -0.15) is 0 Å². The molecule has 1 atom stereocenters. The van der Waals surface area contributed by atoms with Crippen LogP contribution in [0.3, 0.4) is 0 Å². The molecule has 1 fully saturated rings. The van der Waals surface area contributed by atoms with Crippen molar-refractivity contribution >= 4 is 22.0 Å². The third kappa shape index (κ3) is 3.93. The summed E-state index contributed by atoms with van der Waals surface area (Å²) in [5.74, 6) is -0.183. The van der Waals surface area contributed by atoms with Crippen LogP contribution in [0.15, 0.2) is 22.7 Å². The highest BCUT2D eigenvalue weighted by atomic mass is 79.9. The van der Waals surface area contributed by atoms with Gasteiger partial charge in [0.05, 0.1) is 0 Å². The maximum Gasteiger partial charge on any atom is 0.317 e. The first kappa shape index (κ1) is 15.3. The van der Waals surface area contributed by atoms with Gasteiger partial charge in [-0.05, 0) is 37.0 Å². The highest BCUT2D eigenvalue weighted by Gasteiger charge is 2.22. The van der Waals surface area contributed by atoms with Crippen molar-refractivity contribution in [1.29, 1.82) is 0 Å². The Bertz CT molecular complexity index is 484. The lowest BCUT2D eigenvalue weighted by Crippen LogP contribution is -2.46. The van der Waals surface area contributed by atoms with Gasteiger partial charge in [0.1, 0.15) is 5.82 Å². The summed E-state index contributed by atoms with van der Waals surface area (Å²) >= 11 is 3.28. The standard InChI is InChI=1S/C14H18BrFN2O2/c15-12-3-4-13(16)11(6-12)7-17-14(20)18-5-1-2-10(8-18)9-19/h3-4,6,10,19H,1-2,5,7-9H2,(H,17,20). The highest BCUT2D eigenvalue weighted by molar-refractivity contribution is 9.10. The molecule has 1 aromatic carbocycles. The Morgan fingerprint density at radius 2 is 2.35 bits per heavy atom. The number of aliphatic hydroxyl groups is 1. The molecule has 2 rings (SSSR count). The predicted molar refractivity (Wildman–Crippen MR) is 77.7 cm³/mol. The number of amides is 2. The number of nitrogens with zero attached hydrogens (tertiary/aromatic N) is 1. The monoisotopic (exact) mass is 344 g/mol. The molecule has 0 aliphatic carbocycles. The zero-order valence-corrected chi connectivity index (χ0v) is 12.7. The molecular weight excluding hydrogens is 327 g/mol. The van der Waals surface area contributed by atoms with Crippen molar-refractivity contribution < 1.29 is 14.3 Å². The average molecular weight is 345 g/mol. The van der Waals surface area contributed by atoms with Gasteiger partial charge in [-0.25, -0.2) is 9.18 Å². The predicted octanol–water partition coefficient (Wildman–Crippen LogP) is 2.50. The minimum atomic E-state index is -0.333. The second-order valence-electron chi connectivity index (χ2n) is 5.03. The summed E-state index contributed by atoms with van der Waals surface area (Å²) in [6.45, 7) is 1.50. The van der Waals surface area contributed by atoms with Crippen LogP contribution in [-0.2, 0) is 6.54 Å². The number of nitrogens with one attached hydrogen (secondary N) is 1. The van der Waals surface area contributed by atoms with Crippen molar-refractivity contribution in [2.45, 2.75) is 19.4 Å². The van der Waals surface area contributed by atoms with Gasteiger partial charge >= 0.3 is 6.03 Å². The average Bonchev–Trinajstić information content (AvgIpc) is 2.48. The Balaban J connectivity index is 1.90. The van der Waals surface area contributed by atoms with Crippen LogP contribution in [0.2, 0.25) is 0 Å². The molecule has 0 bridgehead atoms. The molecule has 110 valence electrons. The number of piperidine rings is 1. The lowest BCUT2D eigenvalue weighted by Gasteiger charge is -2.31. The minimum absolute atomic E-state index is 0.101. The number of aliphatic hydroxyl groups excluding tert-OH is 1. The highest BCUT2D eigenvalue weighted by Crippen LogP contribution is 2.17. The number of hydrogen-bond acceptors (Lipinski definition) is 2. The number of urea groups is 1. The number of benzene rings is 1. The van der Waals surface area contributed by atoms with Gasteiger partial charge in [0, 0.05) is 36.3 Å². The first-order valence-electron chi connectivity index (χ1n) is 6.67. The first-order valence-corrected chi connectivity index (χ1v) is 7.47. The largest absolute Gasteiger partial charge is 0.396 e. The fourth-order valence-corrected chi connectivity index (χ4v) is 2.77. The van der Waals surface area contributed by atoms with Gasteiger partial charge < -0.3 is 15.3 Å². The molecule has 0 aromatic heterocycles. The van der Waals surface area contributed by atoms with E-state index < -0.39 is 0 Å². The number of likely N-dealkylation sites (tertiary alicyclic amines) is 1. The van der Waals surface area contributed by atoms with E-state index in [1.807, 2.05) is 0 Å². The van der Waals surface area contributed by atoms with Crippen LogP contribution in [-0.4, -0.2) is 35.7 Å². The zero-order chi connectivity index (χ0) is 14.5. The number of rotatable bonds is 3. The van der Waals surface area contributed by atoms with Crippen molar-refractivity contribution in [1.82, 2.24) is 10.2 Å². The van der Waals surface area contributed by atoms with Crippen LogP contribution in [0.4, 0.5) is 9.18 Å². The van der Waals surface area contributed by atoms with Gasteiger partial charge in [0.25, 0.3) is 0 Å². The lowest BCUT2D eigenvalue weighted by atomic mass is 9.99. The van der Waals surface area contributed by atoms with Crippen LogP contribution in [0.25, 0.3) is 0 Å². The zero-order valence-electron chi connectivity index (χ0n) is 11.1. The van der Waals surface area contributed by atoms with Gasteiger partial charge in [0.15, 0.2) is 0 Å². The second kappa shape index (κ2) is 7.04. The molecule has 0 saturated carbocycles. The summed E-state index contributed by atoms with van der Waals surface area (Å²) in [5, 5.41) is 11.9. The summed E-state index contributed by atoms with van der Waals surface area (Å²) < 4.78 is 14.3. The van der Waals surface area contributed by atoms with Gasteiger partial charge in [0.2, 0.25) is 0 Å². The molecule has 0 radical (unpaired) electrons. The van der Waals surface area contributed by atoms with Crippen molar-refractivity contribution in [3.8, 4) is 0 Å². The molecule has 0 spiro atoms. The minimum Gasteiger partial charge on any atom is -0.396 e. The second-order valence-corrected chi connectivity index (χ2v) is 5.95. The van der Waals surface area contributed by atoms with Crippen molar-refractivity contribution in [3.63, 3.8) is 0 Å². The van der Waals surface area contributed by atoms with Crippen LogP contribution < -0.4 is 5.32 Å². The normalized spacial score (nSPS) is 18.9. The molecule has 1 unspecified atom stereocenters. The molecule has 1 heterocycles. The van der Waals surface area contributed by atoms with E-state index in [0.717, 1.165) is 17.3 Å². The number of carbonyl (C=O) groups excluding carboxylic acids is 1. The van der Waals surface area contributed by atoms with E-state index in [-0.39, 0.29) is 30.9 Å². The lowest BCUT2D eigenvalue weighted by molar-refractivity contribution is 0.129. The molecule has 20 heavy (non-hydrogen) atoms. The Kier molecular flexibility index (Phi) is 5.37. The number of halogens is 2. The molecular formula is C14H18BrFN2O2. The molecule has 2 N–H and O–H groups in total. The third-order valence-electron chi connectivity index (χ3n) is 3.50. The van der Waals surface area contributed by atoms with Gasteiger partial charge in [-0.1, -0.05) is 15.9 Å². The SMILES string of the molecule is O=C(NCc1cc(Br)ccc1F)N1CCCC(CO)C1. The van der Waals surface area contributed by atoms with E-state index in [1.54, 1.807) is 17.0 Å². The molecule has 1 aliphatic heterocycles. The van der Waals surface area contributed by atoms with Gasteiger partial charge in [-0.15, -0.1) is 0 Å². The molecule has 1 aromatic rings. The van der Waals surface area contributed by atoms with E-state index >= 15 is 0 Å². The Morgan fingerprint density at radius 3 is 3.10 bits per heavy atom. The summed E-state index contributed by atoms with van der Waals surface area (Å²) in [6, 6.07) is 4.44. The van der Waals surface area contributed by atoms with E-state index in [0.29, 0.717) is 18.7 Å². The molecule has 4 nitrogen and oxygen atoms in total. The topological polar surface area (TPSA) is 52.6 Å². The first-order chi connectivity index (χ1) is 9.60. The van der Waals surface area contributed by atoms with Crippen molar-refractivity contribution in [2.75, 3.05) is 19.7 Å². The smallest absolute Gasteiger partial charge is 0.317 e. The maximum absolute atomic E-state index is 13.6. The summed E-state index contributed by atoms with van der Waals surface area (Å²) in [7, 11) is 0. The van der Waals surface area contributed by atoms with E-state index in [9.17, 15) is 9.18 Å². The van der Waals surface area contributed by atoms with Crippen LogP contribution in [0, 0.1) is 11.7 Å². The van der Waals surface area contributed by atoms with Crippen LogP contribution in [0.5, 0.6) is 0 Å². The van der Waals surface area contributed by atoms with E-state index in [4.69, 9.17) is 5.11 Å². The van der Waals surface area contributed by atoms with E-state index in [2.05, 4.69) is 21.2 Å². The van der Waals surface area contributed by atoms with E-state index in [1.165, 1.54) is 6.07 Å². The quantitative estimate of drug-likeness (QED) is 0.885. The molecule has 6 heteroatoms. The Labute approximate surface area is 126 Å².